The summed E-state index contributed by atoms with van der Waals surface area (Å²) in [6.45, 7) is 0.626. The van der Waals surface area contributed by atoms with Gasteiger partial charge < -0.3 is 14.8 Å². The predicted molar refractivity (Wildman–Crippen MR) is 79.9 cm³/mol. The van der Waals surface area contributed by atoms with Crippen LogP contribution in [0.1, 0.15) is 6.42 Å². The van der Waals surface area contributed by atoms with Crippen LogP contribution < -0.4 is 4.74 Å². The number of hydrogen-bond donors (Lipinski definition) is 2. The number of ether oxygens (including phenoxy) is 1. The van der Waals surface area contributed by atoms with E-state index in [2.05, 4.69) is 10.1 Å². The third-order valence-corrected chi connectivity index (χ3v) is 3.65. The van der Waals surface area contributed by atoms with Gasteiger partial charge in [0.25, 0.3) is 0 Å². The van der Waals surface area contributed by atoms with Crippen LogP contribution in [-0.2, 0) is 6.54 Å². The molecular formula is C14H16BN3O3. The van der Waals surface area contributed by atoms with Crippen molar-refractivity contribution < 1.29 is 14.8 Å². The molecule has 2 heterocycles. The standard InChI is InChI=1S/C14H16BN3O3/c1-21-14-12-8-17-18(13(12)6-7-16-14)9-10-2-4-11(5-3-10)15(19)20/h2-4,6-8,11,19-20H,5,9H2,1H3. The van der Waals surface area contributed by atoms with Crippen LogP contribution in [0.25, 0.3) is 10.9 Å². The molecule has 0 aliphatic heterocycles. The van der Waals surface area contributed by atoms with Crippen LogP contribution in [0.2, 0.25) is 5.82 Å². The van der Waals surface area contributed by atoms with Crippen molar-refractivity contribution in [3.05, 3.63) is 42.3 Å². The maximum absolute atomic E-state index is 9.16. The molecule has 1 aliphatic carbocycles. The van der Waals surface area contributed by atoms with E-state index in [9.17, 15) is 0 Å². The number of pyridine rings is 1. The van der Waals surface area contributed by atoms with Crippen molar-refractivity contribution in [3.8, 4) is 5.88 Å². The first-order valence-electron chi connectivity index (χ1n) is 6.77. The molecule has 0 saturated carbocycles. The minimum absolute atomic E-state index is 0.229. The van der Waals surface area contributed by atoms with Gasteiger partial charge in [-0.2, -0.15) is 5.10 Å². The molecule has 1 unspecified atom stereocenters. The summed E-state index contributed by atoms with van der Waals surface area (Å²) in [4.78, 5) is 4.16. The summed E-state index contributed by atoms with van der Waals surface area (Å²) < 4.78 is 7.10. The Labute approximate surface area is 122 Å². The van der Waals surface area contributed by atoms with Crippen molar-refractivity contribution in [1.29, 1.82) is 0 Å². The van der Waals surface area contributed by atoms with Crippen LogP contribution >= 0.6 is 0 Å². The molecule has 1 aliphatic rings. The number of fused-ring (bicyclic) bond motifs is 1. The second kappa shape index (κ2) is 5.71. The van der Waals surface area contributed by atoms with Gasteiger partial charge in [0.15, 0.2) is 0 Å². The van der Waals surface area contributed by atoms with Crippen molar-refractivity contribution in [2.45, 2.75) is 18.8 Å². The molecule has 0 aromatic carbocycles. The Bertz CT molecular complexity index is 709. The second-order valence-corrected chi connectivity index (χ2v) is 5.01. The monoisotopic (exact) mass is 285 g/mol. The van der Waals surface area contributed by atoms with Gasteiger partial charge in [-0.3, -0.25) is 4.68 Å². The molecule has 0 spiro atoms. The lowest BCUT2D eigenvalue weighted by Gasteiger charge is -2.15. The molecule has 108 valence electrons. The Morgan fingerprint density at radius 2 is 2.33 bits per heavy atom. The van der Waals surface area contributed by atoms with Gasteiger partial charge in [0.1, 0.15) is 0 Å². The summed E-state index contributed by atoms with van der Waals surface area (Å²) in [7, 11) is 0.284. The normalized spacial score (nSPS) is 17.9. The number of hydrogen-bond acceptors (Lipinski definition) is 5. The van der Waals surface area contributed by atoms with Crippen molar-refractivity contribution in [2.75, 3.05) is 7.11 Å². The highest BCUT2D eigenvalue weighted by molar-refractivity contribution is 6.44. The highest BCUT2D eigenvalue weighted by Gasteiger charge is 2.21. The summed E-state index contributed by atoms with van der Waals surface area (Å²) in [6, 6.07) is 1.90. The van der Waals surface area contributed by atoms with E-state index in [4.69, 9.17) is 14.8 Å². The summed E-state index contributed by atoms with van der Waals surface area (Å²) in [5, 5.41) is 23.6. The fourth-order valence-corrected chi connectivity index (χ4v) is 2.46. The number of aromatic nitrogens is 3. The van der Waals surface area contributed by atoms with E-state index in [-0.39, 0.29) is 5.82 Å². The second-order valence-electron chi connectivity index (χ2n) is 5.01. The zero-order chi connectivity index (χ0) is 14.8. The Hall–Kier alpha value is -2.12. The van der Waals surface area contributed by atoms with Crippen molar-refractivity contribution in [2.24, 2.45) is 0 Å². The lowest BCUT2D eigenvalue weighted by atomic mass is 9.69. The van der Waals surface area contributed by atoms with Gasteiger partial charge in [-0.1, -0.05) is 18.2 Å². The fraction of sp³-hybridized carbons (Fsp3) is 0.286. The molecular weight excluding hydrogens is 269 g/mol. The average molecular weight is 285 g/mol. The summed E-state index contributed by atoms with van der Waals surface area (Å²) in [6.07, 6.45) is 9.81. The van der Waals surface area contributed by atoms with E-state index >= 15 is 0 Å². The lowest BCUT2D eigenvalue weighted by molar-refractivity contribution is 0.394. The van der Waals surface area contributed by atoms with Gasteiger partial charge in [-0.15, -0.1) is 0 Å². The van der Waals surface area contributed by atoms with Crippen molar-refractivity contribution in [3.63, 3.8) is 0 Å². The Kier molecular flexibility index (Phi) is 3.77. The molecule has 0 saturated heterocycles. The predicted octanol–water partition coefficient (Wildman–Crippen LogP) is 1.17. The first-order valence-corrected chi connectivity index (χ1v) is 6.77. The smallest absolute Gasteiger partial charge is 0.459 e. The van der Waals surface area contributed by atoms with Crippen LogP contribution in [0.3, 0.4) is 0 Å². The van der Waals surface area contributed by atoms with Crippen LogP contribution in [0, 0.1) is 0 Å². The van der Waals surface area contributed by atoms with Crippen molar-refractivity contribution in [1.82, 2.24) is 14.8 Å². The molecule has 3 rings (SSSR count). The molecule has 0 bridgehead atoms. The molecule has 2 aromatic rings. The Morgan fingerprint density at radius 1 is 1.48 bits per heavy atom. The molecule has 0 radical (unpaired) electrons. The Morgan fingerprint density at radius 3 is 3.00 bits per heavy atom. The van der Waals surface area contributed by atoms with E-state index in [1.165, 1.54) is 0 Å². The van der Waals surface area contributed by atoms with Gasteiger partial charge in [0.2, 0.25) is 5.88 Å². The third kappa shape index (κ3) is 2.70. The molecule has 7 heteroatoms. The first-order chi connectivity index (χ1) is 10.2. The highest BCUT2D eigenvalue weighted by atomic mass is 16.5. The van der Waals surface area contributed by atoms with E-state index in [1.807, 2.05) is 29.0 Å². The molecule has 6 nitrogen and oxygen atoms in total. The summed E-state index contributed by atoms with van der Waals surface area (Å²) >= 11 is 0. The molecule has 2 N–H and O–H groups in total. The quantitative estimate of drug-likeness (QED) is 0.824. The molecule has 0 amide bonds. The summed E-state index contributed by atoms with van der Waals surface area (Å²) in [5.74, 6) is 0.336. The minimum atomic E-state index is -1.31. The number of nitrogens with zero attached hydrogens (tertiary/aromatic N) is 3. The van der Waals surface area contributed by atoms with E-state index < -0.39 is 7.12 Å². The van der Waals surface area contributed by atoms with Gasteiger partial charge in [-0.25, -0.2) is 4.98 Å². The van der Waals surface area contributed by atoms with Gasteiger partial charge in [0.05, 0.1) is 30.8 Å². The largest absolute Gasteiger partial charge is 0.480 e. The first kappa shape index (κ1) is 13.8. The van der Waals surface area contributed by atoms with Crippen LogP contribution in [0.15, 0.2) is 42.3 Å². The number of methoxy groups -OCH3 is 1. The van der Waals surface area contributed by atoms with E-state index in [0.29, 0.717) is 18.8 Å². The lowest BCUT2D eigenvalue weighted by Crippen LogP contribution is -2.19. The van der Waals surface area contributed by atoms with Gasteiger partial charge in [-0.05, 0) is 18.1 Å². The summed E-state index contributed by atoms with van der Waals surface area (Å²) in [5.41, 5.74) is 2.05. The van der Waals surface area contributed by atoms with Gasteiger partial charge >= 0.3 is 7.12 Å². The molecule has 0 fully saturated rings. The van der Waals surface area contributed by atoms with Crippen LogP contribution in [0.4, 0.5) is 0 Å². The molecule has 2 aromatic heterocycles. The topological polar surface area (TPSA) is 80.4 Å². The highest BCUT2D eigenvalue weighted by Crippen LogP contribution is 2.26. The van der Waals surface area contributed by atoms with Gasteiger partial charge in [0, 0.05) is 12.0 Å². The van der Waals surface area contributed by atoms with Crippen LogP contribution in [0.5, 0.6) is 5.88 Å². The fourth-order valence-electron chi connectivity index (χ4n) is 2.46. The third-order valence-electron chi connectivity index (χ3n) is 3.65. The molecule has 21 heavy (non-hydrogen) atoms. The zero-order valence-corrected chi connectivity index (χ0v) is 11.7. The number of allylic oxidation sites excluding steroid dienone is 4. The number of rotatable bonds is 4. The maximum Gasteiger partial charge on any atom is 0.459 e. The Balaban J connectivity index is 1.82. The molecule has 1 atom stereocenters. The zero-order valence-electron chi connectivity index (χ0n) is 11.7. The minimum Gasteiger partial charge on any atom is -0.480 e. The van der Waals surface area contributed by atoms with E-state index in [0.717, 1.165) is 16.5 Å². The SMILES string of the molecule is COc1nccc2c1cnn2CC1=CCC(B(O)O)C=C1. The average Bonchev–Trinajstić information content (AvgIpc) is 2.91. The van der Waals surface area contributed by atoms with Crippen molar-refractivity contribution >= 4 is 18.0 Å². The van der Waals surface area contributed by atoms with Crippen LogP contribution in [-0.4, -0.2) is 39.0 Å². The van der Waals surface area contributed by atoms with E-state index in [1.54, 1.807) is 19.5 Å². The maximum atomic E-state index is 9.16.